The summed E-state index contributed by atoms with van der Waals surface area (Å²) in [6.45, 7) is 4.36. The summed E-state index contributed by atoms with van der Waals surface area (Å²) in [6.07, 6.45) is -0.113. The number of piperazine rings is 1. The summed E-state index contributed by atoms with van der Waals surface area (Å²) >= 11 is 0. The Morgan fingerprint density at radius 1 is 1.00 bits per heavy atom. The van der Waals surface area contributed by atoms with Crippen molar-refractivity contribution in [2.45, 2.75) is 13.3 Å². The van der Waals surface area contributed by atoms with Crippen LogP contribution in [0.25, 0.3) is 10.8 Å². The van der Waals surface area contributed by atoms with Gasteiger partial charge in [-0.3, -0.25) is 9.59 Å². The van der Waals surface area contributed by atoms with Crippen LogP contribution in [0, 0.1) is 5.92 Å². The van der Waals surface area contributed by atoms with E-state index < -0.39 is 0 Å². The monoisotopic (exact) mass is 395 g/mol. The summed E-state index contributed by atoms with van der Waals surface area (Å²) < 4.78 is 5.02. The molecule has 0 radical (unpaired) electrons. The molecule has 0 spiro atoms. The van der Waals surface area contributed by atoms with E-state index in [1.54, 1.807) is 21.6 Å². The van der Waals surface area contributed by atoms with Crippen molar-refractivity contribution in [1.82, 2.24) is 9.80 Å². The lowest BCUT2D eigenvalue weighted by Crippen LogP contribution is -2.52. The van der Waals surface area contributed by atoms with Crippen molar-refractivity contribution >= 4 is 34.4 Å². The van der Waals surface area contributed by atoms with E-state index in [1.165, 1.54) is 0 Å². The molecule has 0 aliphatic carbocycles. The smallest absolute Gasteiger partial charge is 0.409 e. The van der Waals surface area contributed by atoms with Gasteiger partial charge < -0.3 is 19.4 Å². The standard InChI is InChI=1S/C22H25N3O4/c1-2-29-22(28)24-12-10-23(11-13-24)21(27)17-14-20(26)25(15-17)19-9-5-7-16-6-3-4-8-18(16)19/h3-9,17H,2,10-15H2,1H3. The molecule has 2 fully saturated rings. The van der Waals surface area contributed by atoms with Crippen molar-refractivity contribution in [3.8, 4) is 0 Å². The zero-order valence-corrected chi connectivity index (χ0v) is 16.5. The van der Waals surface area contributed by atoms with Crippen molar-refractivity contribution in [2.24, 2.45) is 5.92 Å². The summed E-state index contributed by atoms with van der Waals surface area (Å²) in [7, 11) is 0. The van der Waals surface area contributed by atoms with Crippen LogP contribution in [0.5, 0.6) is 0 Å². The molecule has 1 atom stereocenters. The van der Waals surface area contributed by atoms with Gasteiger partial charge in [-0.2, -0.15) is 0 Å². The molecule has 7 nitrogen and oxygen atoms in total. The molecule has 1 unspecified atom stereocenters. The van der Waals surface area contributed by atoms with Crippen LogP contribution >= 0.6 is 0 Å². The van der Waals surface area contributed by atoms with Gasteiger partial charge in [0.2, 0.25) is 11.8 Å². The number of rotatable bonds is 3. The van der Waals surface area contributed by atoms with Crippen LogP contribution in [0.3, 0.4) is 0 Å². The van der Waals surface area contributed by atoms with Crippen molar-refractivity contribution < 1.29 is 19.1 Å². The van der Waals surface area contributed by atoms with Crippen LogP contribution in [0.2, 0.25) is 0 Å². The number of ether oxygens (including phenoxy) is 1. The molecule has 7 heteroatoms. The highest BCUT2D eigenvalue weighted by Crippen LogP contribution is 2.32. The second kappa shape index (κ2) is 8.11. The average Bonchev–Trinajstić information content (AvgIpc) is 3.14. The third-order valence-corrected chi connectivity index (χ3v) is 5.65. The Morgan fingerprint density at radius 3 is 2.45 bits per heavy atom. The molecule has 0 saturated carbocycles. The summed E-state index contributed by atoms with van der Waals surface area (Å²) in [5, 5.41) is 2.09. The van der Waals surface area contributed by atoms with Crippen LogP contribution in [0.4, 0.5) is 10.5 Å². The largest absolute Gasteiger partial charge is 0.450 e. The third kappa shape index (κ3) is 3.77. The van der Waals surface area contributed by atoms with Crippen LogP contribution in [0.1, 0.15) is 13.3 Å². The minimum Gasteiger partial charge on any atom is -0.450 e. The molecule has 2 aliphatic heterocycles. The molecule has 3 amide bonds. The SMILES string of the molecule is CCOC(=O)N1CCN(C(=O)C2CC(=O)N(c3cccc4ccccc34)C2)CC1. The number of carbonyl (C=O) groups excluding carboxylic acids is 3. The normalized spacial score (nSPS) is 19.7. The zero-order valence-electron chi connectivity index (χ0n) is 16.5. The third-order valence-electron chi connectivity index (χ3n) is 5.65. The Hall–Kier alpha value is -3.09. The van der Waals surface area contributed by atoms with Gasteiger partial charge in [-0.15, -0.1) is 0 Å². The average molecular weight is 395 g/mol. The summed E-state index contributed by atoms with van der Waals surface area (Å²) in [5.74, 6) is -0.384. The van der Waals surface area contributed by atoms with Gasteiger partial charge in [0, 0.05) is 44.5 Å². The Labute approximate surface area is 169 Å². The molecule has 0 aromatic heterocycles. The zero-order chi connectivity index (χ0) is 20.4. The van der Waals surface area contributed by atoms with E-state index in [9.17, 15) is 14.4 Å². The number of amides is 3. The fraction of sp³-hybridized carbons (Fsp3) is 0.409. The summed E-state index contributed by atoms with van der Waals surface area (Å²) in [6, 6.07) is 13.8. The van der Waals surface area contributed by atoms with Crippen molar-refractivity contribution in [3.05, 3.63) is 42.5 Å². The lowest BCUT2D eigenvalue weighted by molar-refractivity contribution is -0.137. The Morgan fingerprint density at radius 2 is 1.69 bits per heavy atom. The topological polar surface area (TPSA) is 70.2 Å². The molecular formula is C22H25N3O4. The lowest BCUT2D eigenvalue weighted by atomic mass is 10.1. The molecule has 0 bridgehead atoms. The Balaban J connectivity index is 1.43. The highest BCUT2D eigenvalue weighted by Gasteiger charge is 2.38. The molecule has 2 heterocycles. The predicted octanol–water partition coefficient (Wildman–Crippen LogP) is 2.49. The van der Waals surface area contributed by atoms with Gasteiger partial charge in [-0.1, -0.05) is 36.4 Å². The van der Waals surface area contributed by atoms with Crippen LogP contribution in [0.15, 0.2) is 42.5 Å². The number of fused-ring (bicyclic) bond motifs is 1. The van der Waals surface area contributed by atoms with Crippen molar-refractivity contribution in [1.29, 1.82) is 0 Å². The first-order chi connectivity index (χ1) is 14.1. The van der Waals surface area contributed by atoms with Gasteiger partial charge in [0.05, 0.1) is 18.2 Å². The van der Waals surface area contributed by atoms with Crippen molar-refractivity contribution in [3.63, 3.8) is 0 Å². The maximum atomic E-state index is 13.0. The first-order valence-corrected chi connectivity index (χ1v) is 10.1. The molecule has 2 aromatic rings. The molecule has 4 rings (SSSR count). The van der Waals surface area contributed by atoms with E-state index in [0.717, 1.165) is 16.5 Å². The summed E-state index contributed by atoms with van der Waals surface area (Å²) in [5.41, 5.74) is 0.857. The van der Waals surface area contributed by atoms with E-state index in [-0.39, 0.29) is 30.2 Å². The minimum absolute atomic E-state index is 0.00963. The number of anilines is 1. The fourth-order valence-corrected chi connectivity index (χ4v) is 4.13. The number of nitrogens with zero attached hydrogens (tertiary/aromatic N) is 3. The van der Waals surface area contributed by atoms with Gasteiger partial charge >= 0.3 is 6.09 Å². The molecule has 2 saturated heterocycles. The minimum atomic E-state index is -0.351. The van der Waals surface area contributed by atoms with Gasteiger partial charge in [0.15, 0.2) is 0 Å². The van der Waals surface area contributed by atoms with E-state index in [0.29, 0.717) is 39.3 Å². The van der Waals surface area contributed by atoms with E-state index in [2.05, 4.69) is 0 Å². The van der Waals surface area contributed by atoms with Gasteiger partial charge in [0.1, 0.15) is 0 Å². The van der Waals surface area contributed by atoms with Crippen LogP contribution in [-0.2, 0) is 14.3 Å². The molecular weight excluding hydrogens is 370 g/mol. The second-order valence-electron chi connectivity index (χ2n) is 7.41. The van der Waals surface area contributed by atoms with Gasteiger partial charge in [-0.25, -0.2) is 4.79 Å². The second-order valence-corrected chi connectivity index (χ2v) is 7.41. The first-order valence-electron chi connectivity index (χ1n) is 10.1. The highest BCUT2D eigenvalue weighted by atomic mass is 16.6. The predicted molar refractivity (Wildman–Crippen MR) is 110 cm³/mol. The fourth-order valence-electron chi connectivity index (χ4n) is 4.13. The van der Waals surface area contributed by atoms with Gasteiger partial charge in [-0.05, 0) is 18.4 Å². The van der Waals surface area contributed by atoms with Crippen LogP contribution < -0.4 is 4.90 Å². The molecule has 152 valence electrons. The number of hydrogen-bond acceptors (Lipinski definition) is 4. The summed E-state index contributed by atoms with van der Waals surface area (Å²) in [4.78, 5) is 42.7. The van der Waals surface area contributed by atoms with E-state index in [1.807, 2.05) is 42.5 Å². The number of benzene rings is 2. The maximum Gasteiger partial charge on any atom is 0.409 e. The van der Waals surface area contributed by atoms with Crippen molar-refractivity contribution in [2.75, 3.05) is 44.2 Å². The Kier molecular flexibility index (Phi) is 5.38. The lowest BCUT2D eigenvalue weighted by Gasteiger charge is -2.35. The molecule has 29 heavy (non-hydrogen) atoms. The molecule has 0 N–H and O–H groups in total. The van der Waals surface area contributed by atoms with Crippen LogP contribution in [-0.4, -0.2) is 67.0 Å². The number of hydrogen-bond donors (Lipinski definition) is 0. The molecule has 2 aliphatic rings. The quantitative estimate of drug-likeness (QED) is 0.801. The Bertz CT molecular complexity index is 931. The maximum absolute atomic E-state index is 13.0. The number of carbonyl (C=O) groups is 3. The molecule has 2 aromatic carbocycles. The van der Waals surface area contributed by atoms with E-state index >= 15 is 0 Å². The van der Waals surface area contributed by atoms with Gasteiger partial charge in [0.25, 0.3) is 0 Å². The van der Waals surface area contributed by atoms with E-state index in [4.69, 9.17) is 4.74 Å². The first kappa shape index (κ1) is 19.2. The highest BCUT2D eigenvalue weighted by molar-refractivity contribution is 6.07.